The van der Waals surface area contributed by atoms with Gasteiger partial charge < -0.3 is 14.6 Å². The lowest BCUT2D eigenvalue weighted by molar-refractivity contribution is -0.145. The van der Waals surface area contributed by atoms with Gasteiger partial charge in [0, 0.05) is 18.1 Å². The number of esters is 2. The van der Waals surface area contributed by atoms with Gasteiger partial charge in [0.25, 0.3) is 0 Å². The molecule has 0 unspecified atom stereocenters. The highest BCUT2D eigenvalue weighted by Crippen LogP contribution is 2.37. The molecule has 166 valence electrons. The maximum absolute atomic E-state index is 13.0. The van der Waals surface area contributed by atoms with Crippen LogP contribution in [0.4, 0.5) is 4.39 Å². The second-order valence-electron chi connectivity index (χ2n) is 8.21. The van der Waals surface area contributed by atoms with Crippen molar-refractivity contribution in [3.8, 4) is 0 Å². The summed E-state index contributed by atoms with van der Waals surface area (Å²) >= 11 is 0. The van der Waals surface area contributed by atoms with Crippen LogP contribution in [-0.4, -0.2) is 35.4 Å². The number of benzene rings is 1. The molecule has 1 heterocycles. The number of ether oxygens (including phenoxy) is 2. The minimum Gasteiger partial charge on any atom is -0.460 e. The van der Waals surface area contributed by atoms with Crippen LogP contribution >= 0.6 is 0 Å². The molecule has 2 aliphatic rings. The number of hydrogen-bond donors (Lipinski definition) is 1. The standard InChI is InChI=1S/C25H29FO5/c1-17-5-3-2-4-6-19-15-21(27)16-22(19)23(12-14-24(28)30-17)31-25(29)13-9-18-7-10-20(26)11-8-18/h4,6-14,17,19,21-23,27H,2-3,5,15-16H2,1H3/b6-4+,13-9+,14-12+/t17-,19+,21-,22+,23+/m0/s1. The van der Waals surface area contributed by atoms with Crippen LogP contribution in [0.5, 0.6) is 0 Å². The largest absolute Gasteiger partial charge is 0.460 e. The number of carbonyl (C=O) groups is 2. The molecular formula is C25H29FO5. The minimum atomic E-state index is -0.680. The topological polar surface area (TPSA) is 72.8 Å². The first-order valence-corrected chi connectivity index (χ1v) is 10.8. The second kappa shape index (κ2) is 11.0. The number of aliphatic hydroxyl groups is 1. The summed E-state index contributed by atoms with van der Waals surface area (Å²) in [6.45, 7) is 1.86. The van der Waals surface area contributed by atoms with Gasteiger partial charge in [-0.1, -0.05) is 24.3 Å². The molecule has 6 heteroatoms. The van der Waals surface area contributed by atoms with Crippen LogP contribution in [0, 0.1) is 17.7 Å². The summed E-state index contributed by atoms with van der Waals surface area (Å²) in [7, 11) is 0. The molecule has 1 fully saturated rings. The normalized spacial score (nSPS) is 31.6. The van der Waals surface area contributed by atoms with E-state index >= 15 is 0 Å². The van der Waals surface area contributed by atoms with Crippen LogP contribution < -0.4 is 0 Å². The van der Waals surface area contributed by atoms with Crippen molar-refractivity contribution in [3.63, 3.8) is 0 Å². The summed E-state index contributed by atoms with van der Waals surface area (Å²) in [6.07, 6.45) is 12.1. The number of hydrogen-bond acceptors (Lipinski definition) is 5. The zero-order valence-electron chi connectivity index (χ0n) is 17.7. The van der Waals surface area contributed by atoms with Gasteiger partial charge in [-0.25, -0.2) is 14.0 Å². The molecule has 5 nitrogen and oxygen atoms in total. The highest BCUT2D eigenvalue weighted by Gasteiger charge is 2.38. The molecule has 0 saturated heterocycles. The molecule has 1 saturated carbocycles. The molecular weight excluding hydrogens is 399 g/mol. The second-order valence-corrected chi connectivity index (χ2v) is 8.21. The molecule has 1 aromatic rings. The summed E-state index contributed by atoms with van der Waals surface area (Å²) in [4.78, 5) is 24.6. The van der Waals surface area contributed by atoms with Crippen LogP contribution in [0.1, 0.15) is 44.6 Å². The van der Waals surface area contributed by atoms with Crippen LogP contribution in [0.3, 0.4) is 0 Å². The average molecular weight is 429 g/mol. The number of carbonyl (C=O) groups excluding carboxylic acids is 2. The van der Waals surface area contributed by atoms with E-state index in [1.165, 1.54) is 24.3 Å². The number of fused-ring (bicyclic) bond motifs is 1. The molecule has 1 aromatic carbocycles. The van der Waals surface area contributed by atoms with Gasteiger partial charge in [0.2, 0.25) is 0 Å². The van der Waals surface area contributed by atoms with Crippen LogP contribution in [0.15, 0.2) is 54.6 Å². The van der Waals surface area contributed by atoms with Crippen molar-refractivity contribution in [2.75, 3.05) is 0 Å². The first-order chi connectivity index (χ1) is 14.9. The summed E-state index contributed by atoms with van der Waals surface area (Å²) in [5.41, 5.74) is 0.665. The molecule has 0 radical (unpaired) electrons. The Bertz CT molecular complexity index is 842. The van der Waals surface area contributed by atoms with Crippen LogP contribution in [0.25, 0.3) is 6.08 Å². The number of halogens is 1. The zero-order chi connectivity index (χ0) is 22.2. The summed E-state index contributed by atoms with van der Waals surface area (Å²) in [6, 6.07) is 5.74. The van der Waals surface area contributed by atoms with Crippen LogP contribution in [-0.2, 0) is 19.1 Å². The lowest BCUT2D eigenvalue weighted by atomic mass is 9.89. The Morgan fingerprint density at radius 2 is 2.00 bits per heavy atom. The van der Waals surface area contributed by atoms with Gasteiger partial charge in [-0.3, -0.25) is 0 Å². The predicted molar refractivity (Wildman–Crippen MR) is 115 cm³/mol. The molecule has 0 amide bonds. The van der Waals surface area contributed by atoms with Gasteiger partial charge in [0.1, 0.15) is 11.9 Å². The van der Waals surface area contributed by atoms with Crippen molar-refractivity contribution in [1.82, 2.24) is 0 Å². The highest BCUT2D eigenvalue weighted by molar-refractivity contribution is 5.87. The Morgan fingerprint density at radius 1 is 1.23 bits per heavy atom. The Morgan fingerprint density at radius 3 is 2.77 bits per heavy atom. The first kappa shape index (κ1) is 22.9. The Balaban J connectivity index is 1.77. The number of rotatable bonds is 3. The molecule has 1 aliphatic heterocycles. The van der Waals surface area contributed by atoms with Gasteiger partial charge in [0.05, 0.1) is 12.2 Å². The molecule has 0 aromatic heterocycles. The van der Waals surface area contributed by atoms with Gasteiger partial charge in [-0.05, 0) is 74.8 Å². The van der Waals surface area contributed by atoms with Crippen molar-refractivity contribution < 1.29 is 28.6 Å². The van der Waals surface area contributed by atoms with Crippen molar-refractivity contribution >= 4 is 18.0 Å². The average Bonchev–Trinajstić information content (AvgIpc) is 3.10. The lowest BCUT2D eigenvalue weighted by Crippen LogP contribution is -2.27. The van der Waals surface area contributed by atoms with E-state index in [9.17, 15) is 19.1 Å². The van der Waals surface area contributed by atoms with E-state index in [0.29, 0.717) is 18.4 Å². The molecule has 5 atom stereocenters. The summed E-state index contributed by atoms with van der Waals surface area (Å²) in [5, 5.41) is 10.2. The van der Waals surface area contributed by atoms with Crippen molar-refractivity contribution in [1.29, 1.82) is 0 Å². The van der Waals surface area contributed by atoms with E-state index in [1.807, 2.05) is 6.92 Å². The lowest BCUT2D eigenvalue weighted by Gasteiger charge is -2.24. The molecule has 0 bridgehead atoms. The van der Waals surface area contributed by atoms with Gasteiger partial charge in [0.15, 0.2) is 0 Å². The number of aliphatic hydroxyl groups excluding tert-OH is 1. The quantitative estimate of drug-likeness (QED) is 0.440. The molecule has 3 rings (SSSR count). The predicted octanol–water partition coefficient (Wildman–Crippen LogP) is 4.37. The molecule has 1 N–H and O–H groups in total. The molecule has 31 heavy (non-hydrogen) atoms. The Labute approximate surface area is 182 Å². The maximum Gasteiger partial charge on any atom is 0.331 e. The van der Waals surface area contributed by atoms with E-state index in [4.69, 9.17) is 9.47 Å². The third-order valence-corrected chi connectivity index (χ3v) is 5.70. The summed E-state index contributed by atoms with van der Waals surface area (Å²) in [5.74, 6) is -1.50. The number of allylic oxidation sites excluding steroid dienone is 2. The van der Waals surface area contributed by atoms with E-state index in [2.05, 4.69) is 12.2 Å². The molecule has 1 aliphatic carbocycles. The highest BCUT2D eigenvalue weighted by atomic mass is 19.1. The van der Waals surface area contributed by atoms with E-state index in [1.54, 1.807) is 24.3 Å². The minimum absolute atomic E-state index is 0.0488. The number of cyclic esters (lactones) is 1. The van der Waals surface area contributed by atoms with E-state index in [0.717, 1.165) is 19.3 Å². The monoisotopic (exact) mass is 428 g/mol. The van der Waals surface area contributed by atoms with Crippen molar-refractivity contribution in [2.45, 2.75) is 57.3 Å². The van der Waals surface area contributed by atoms with E-state index in [-0.39, 0.29) is 23.8 Å². The first-order valence-electron chi connectivity index (χ1n) is 10.8. The van der Waals surface area contributed by atoms with Crippen molar-refractivity contribution in [2.24, 2.45) is 11.8 Å². The molecule has 0 spiro atoms. The van der Waals surface area contributed by atoms with Crippen molar-refractivity contribution in [3.05, 3.63) is 66.0 Å². The van der Waals surface area contributed by atoms with Gasteiger partial charge in [-0.15, -0.1) is 0 Å². The fourth-order valence-corrected chi connectivity index (χ4v) is 4.12. The maximum atomic E-state index is 13.0. The summed E-state index contributed by atoms with van der Waals surface area (Å²) < 4.78 is 24.1. The third kappa shape index (κ3) is 7.17. The van der Waals surface area contributed by atoms with Gasteiger partial charge in [-0.2, -0.15) is 0 Å². The third-order valence-electron chi connectivity index (χ3n) is 5.70. The Hall–Kier alpha value is -2.73. The van der Waals surface area contributed by atoms with Gasteiger partial charge >= 0.3 is 11.9 Å². The Kier molecular flexibility index (Phi) is 8.18. The fraction of sp³-hybridized carbons (Fsp3) is 0.440. The van der Waals surface area contributed by atoms with E-state index < -0.39 is 24.1 Å². The fourth-order valence-electron chi connectivity index (χ4n) is 4.12. The van der Waals surface area contributed by atoms with Crippen LogP contribution in [0.2, 0.25) is 0 Å². The smallest absolute Gasteiger partial charge is 0.331 e. The SMILES string of the molecule is C[C@H]1CCC/C=C/[C@@H]2C[C@H](O)C[C@H]2[C@H](OC(=O)/C=C/c2ccc(F)cc2)/C=C/C(=O)O1. The zero-order valence-corrected chi connectivity index (χ0v) is 17.7.